The minimum atomic E-state index is 0.362. The van der Waals surface area contributed by atoms with Crippen LogP contribution in [0.4, 0.5) is 0 Å². The predicted molar refractivity (Wildman–Crippen MR) is 85.7 cm³/mol. The number of hydrogen-bond donors (Lipinski definition) is 1. The fourth-order valence-electron chi connectivity index (χ4n) is 5.47. The highest BCUT2D eigenvalue weighted by molar-refractivity contribution is 5.02. The highest BCUT2D eigenvalue weighted by Crippen LogP contribution is 2.44. The zero-order chi connectivity index (χ0) is 14.0. The zero-order valence-electron chi connectivity index (χ0n) is 13.4. The molecule has 4 unspecified atom stereocenters. The van der Waals surface area contributed by atoms with Gasteiger partial charge in [0.05, 0.1) is 0 Å². The van der Waals surface area contributed by atoms with Crippen molar-refractivity contribution in [2.45, 2.75) is 89.1 Å². The molecule has 0 radical (unpaired) electrons. The summed E-state index contributed by atoms with van der Waals surface area (Å²) in [7, 11) is 0. The van der Waals surface area contributed by atoms with E-state index >= 15 is 0 Å². The second kappa shape index (κ2) is 6.36. The maximum Gasteiger partial charge on any atom is 0.0334 e. The summed E-state index contributed by atoms with van der Waals surface area (Å²) in [4.78, 5) is 2.91. The van der Waals surface area contributed by atoms with Crippen LogP contribution in [-0.2, 0) is 0 Å². The van der Waals surface area contributed by atoms with E-state index in [1.807, 2.05) is 0 Å². The monoisotopic (exact) mass is 278 g/mol. The number of rotatable bonds is 3. The number of hydrogen-bond acceptors (Lipinski definition) is 2. The number of nitrogens with zero attached hydrogens (tertiary/aromatic N) is 1. The molecule has 1 heterocycles. The van der Waals surface area contributed by atoms with Crippen LogP contribution in [0.3, 0.4) is 0 Å². The molecule has 116 valence electrons. The average Bonchev–Trinajstić information content (AvgIpc) is 2.81. The minimum absolute atomic E-state index is 0.362. The predicted octanol–water partition coefficient (Wildman–Crippen LogP) is 3.94. The molecule has 0 bridgehead atoms. The molecule has 3 rings (SSSR count). The summed E-state index contributed by atoms with van der Waals surface area (Å²) in [5, 5.41) is 0. The van der Waals surface area contributed by atoms with Gasteiger partial charge in [0.2, 0.25) is 0 Å². The largest absolute Gasteiger partial charge is 0.329 e. The molecule has 0 spiro atoms. The van der Waals surface area contributed by atoms with Crippen molar-refractivity contribution in [3.63, 3.8) is 0 Å². The molecular formula is C18H34N2. The van der Waals surface area contributed by atoms with E-state index in [1.165, 1.54) is 77.2 Å². The summed E-state index contributed by atoms with van der Waals surface area (Å²) >= 11 is 0. The van der Waals surface area contributed by atoms with Crippen LogP contribution in [0.2, 0.25) is 0 Å². The van der Waals surface area contributed by atoms with E-state index in [0.717, 1.165) is 24.4 Å². The molecular weight excluding hydrogens is 244 g/mol. The molecule has 1 saturated heterocycles. The first kappa shape index (κ1) is 14.8. The molecule has 2 heteroatoms. The quantitative estimate of drug-likeness (QED) is 0.792. The van der Waals surface area contributed by atoms with Gasteiger partial charge in [-0.1, -0.05) is 39.0 Å². The molecule has 2 saturated carbocycles. The van der Waals surface area contributed by atoms with Crippen LogP contribution in [0.15, 0.2) is 0 Å². The highest BCUT2D eigenvalue weighted by atomic mass is 15.3. The van der Waals surface area contributed by atoms with Crippen LogP contribution in [-0.4, -0.2) is 29.6 Å². The summed E-state index contributed by atoms with van der Waals surface area (Å²) in [6, 6.07) is 0.880. The lowest BCUT2D eigenvalue weighted by atomic mass is 9.81. The minimum Gasteiger partial charge on any atom is -0.329 e. The molecule has 2 N–H and O–H groups in total. The Kier molecular flexibility index (Phi) is 4.72. The Hall–Kier alpha value is -0.0800. The fraction of sp³-hybridized carbons (Fsp3) is 1.00. The number of nitrogens with two attached hydrogens (primary N) is 1. The summed E-state index contributed by atoms with van der Waals surface area (Å²) < 4.78 is 0. The Bertz CT molecular complexity index is 317. The van der Waals surface area contributed by atoms with Crippen LogP contribution in [0.25, 0.3) is 0 Å². The van der Waals surface area contributed by atoms with Crippen molar-refractivity contribution in [1.29, 1.82) is 0 Å². The van der Waals surface area contributed by atoms with Gasteiger partial charge in [0.25, 0.3) is 0 Å². The normalized spacial score (nSPS) is 43.2. The third-order valence-corrected chi connectivity index (χ3v) is 6.85. The van der Waals surface area contributed by atoms with E-state index < -0.39 is 0 Å². The molecule has 2 nitrogen and oxygen atoms in total. The van der Waals surface area contributed by atoms with Gasteiger partial charge in [-0.2, -0.15) is 0 Å². The standard InChI is InChI=1S/C18H34N2/c1-2-15-6-5-11-18(14-19,12-9-15)20-13-10-16-7-3-4-8-17(16)20/h15-17H,2-14,19H2,1H3. The fourth-order valence-corrected chi connectivity index (χ4v) is 5.47. The smallest absolute Gasteiger partial charge is 0.0334 e. The van der Waals surface area contributed by atoms with E-state index in [4.69, 9.17) is 5.73 Å². The van der Waals surface area contributed by atoms with Crippen LogP contribution >= 0.6 is 0 Å². The molecule has 3 aliphatic rings. The van der Waals surface area contributed by atoms with Gasteiger partial charge in [-0.05, 0) is 56.9 Å². The Morgan fingerprint density at radius 1 is 1.00 bits per heavy atom. The first-order chi connectivity index (χ1) is 9.79. The highest BCUT2D eigenvalue weighted by Gasteiger charge is 2.46. The molecule has 0 amide bonds. The SMILES string of the molecule is CCC1CCCC(CN)(N2CCC3CCCCC32)CC1. The molecule has 0 aromatic rings. The van der Waals surface area contributed by atoms with Crippen molar-refractivity contribution >= 4 is 0 Å². The number of likely N-dealkylation sites (tertiary alicyclic amines) is 1. The second-order valence-electron chi connectivity index (χ2n) is 7.73. The lowest BCUT2D eigenvalue weighted by Gasteiger charge is -2.46. The Morgan fingerprint density at radius 2 is 1.85 bits per heavy atom. The summed E-state index contributed by atoms with van der Waals surface area (Å²) in [5.41, 5.74) is 6.72. The van der Waals surface area contributed by atoms with Crippen molar-refractivity contribution in [2.24, 2.45) is 17.6 Å². The summed E-state index contributed by atoms with van der Waals surface area (Å²) in [6.45, 7) is 4.60. The van der Waals surface area contributed by atoms with Crippen molar-refractivity contribution in [1.82, 2.24) is 4.90 Å². The molecule has 4 atom stereocenters. The Labute approximate surface area is 125 Å². The Morgan fingerprint density at radius 3 is 2.65 bits per heavy atom. The second-order valence-corrected chi connectivity index (χ2v) is 7.73. The van der Waals surface area contributed by atoms with Gasteiger partial charge in [0.15, 0.2) is 0 Å². The molecule has 1 aliphatic heterocycles. The van der Waals surface area contributed by atoms with Gasteiger partial charge < -0.3 is 5.73 Å². The van der Waals surface area contributed by atoms with Crippen LogP contribution in [0.1, 0.15) is 77.6 Å². The number of fused-ring (bicyclic) bond motifs is 1. The molecule has 0 aromatic carbocycles. The van der Waals surface area contributed by atoms with Gasteiger partial charge in [-0.25, -0.2) is 0 Å². The topological polar surface area (TPSA) is 29.3 Å². The van der Waals surface area contributed by atoms with Crippen LogP contribution < -0.4 is 5.73 Å². The van der Waals surface area contributed by atoms with Crippen molar-refractivity contribution in [2.75, 3.05) is 13.1 Å². The zero-order valence-corrected chi connectivity index (χ0v) is 13.4. The summed E-state index contributed by atoms with van der Waals surface area (Å²) in [6.07, 6.45) is 15.7. The first-order valence-electron chi connectivity index (χ1n) is 9.26. The third-order valence-electron chi connectivity index (χ3n) is 6.85. The van der Waals surface area contributed by atoms with Crippen LogP contribution in [0.5, 0.6) is 0 Å². The third kappa shape index (κ3) is 2.66. The van der Waals surface area contributed by atoms with E-state index in [1.54, 1.807) is 0 Å². The molecule has 2 aliphatic carbocycles. The van der Waals surface area contributed by atoms with Crippen molar-refractivity contribution < 1.29 is 0 Å². The Balaban J connectivity index is 1.74. The van der Waals surface area contributed by atoms with Crippen molar-refractivity contribution in [3.05, 3.63) is 0 Å². The van der Waals surface area contributed by atoms with Crippen molar-refractivity contribution in [3.8, 4) is 0 Å². The van der Waals surface area contributed by atoms with E-state index in [9.17, 15) is 0 Å². The lowest BCUT2D eigenvalue weighted by molar-refractivity contribution is 0.0415. The van der Waals surface area contributed by atoms with Gasteiger partial charge in [0.1, 0.15) is 0 Å². The maximum absolute atomic E-state index is 6.35. The lowest BCUT2D eigenvalue weighted by Crippen LogP contribution is -2.56. The molecule has 20 heavy (non-hydrogen) atoms. The molecule has 0 aromatic heterocycles. The van der Waals surface area contributed by atoms with Gasteiger partial charge in [-0.3, -0.25) is 4.90 Å². The van der Waals surface area contributed by atoms with Gasteiger partial charge >= 0.3 is 0 Å². The average molecular weight is 278 g/mol. The maximum atomic E-state index is 6.35. The van der Waals surface area contributed by atoms with Crippen LogP contribution in [0, 0.1) is 11.8 Å². The first-order valence-corrected chi connectivity index (χ1v) is 9.26. The van der Waals surface area contributed by atoms with E-state index in [-0.39, 0.29) is 0 Å². The van der Waals surface area contributed by atoms with E-state index in [0.29, 0.717) is 5.54 Å². The van der Waals surface area contributed by atoms with Gasteiger partial charge in [-0.15, -0.1) is 0 Å². The molecule has 3 fully saturated rings. The van der Waals surface area contributed by atoms with Gasteiger partial charge in [0, 0.05) is 18.1 Å². The van der Waals surface area contributed by atoms with E-state index in [2.05, 4.69) is 11.8 Å². The summed E-state index contributed by atoms with van der Waals surface area (Å²) in [5.74, 6) is 1.96.